The highest BCUT2D eigenvalue weighted by atomic mass is 79.9. The van der Waals surface area contributed by atoms with Gasteiger partial charge in [-0.1, -0.05) is 25.0 Å². The molecule has 1 aliphatic rings. The summed E-state index contributed by atoms with van der Waals surface area (Å²) in [5.41, 5.74) is 0.998. The highest BCUT2D eigenvalue weighted by Crippen LogP contribution is 2.22. The molecule has 0 aliphatic heterocycles. The third kappa shape index (κ3) is 4.26. The minimum atomic E-state index is -0.460. The van der Waals surface area contributed by atoms with Crippen LogP contribution in [0.3, 0.4) is 0 Å². The molecule has 0 radical (unpaired) electrons. The fourth-order valence-corrected chi connectivity index (χ4v) is 2.62. The van der Waals surface area contributed by atoms with Gasteiger partial charge in [0.1, 0.15) is 0 Å². The minimum Gasteiger partial charge on any atom is -0.389 e. The SMILES string of the molecule is OC(CNc1ccccc1Br)COC1CCCC1. The molecule has 0 saturated heterocycles. The van der Waals surface area contributed by atoms with E-state index in [9.17, 15) is 5.11 Å². The average molecular weight is 314 g/mol. The maximum atomic E-state index is 9.86. The molecule has 100 valence electrons. The third-order valence-electron chi connectivity index (χ3n) is 3.23. The van der Waals surface area contributed by atoms with Crippen molar-refractivity contribution in [1.29, 1.82) is 0 Å². The van der Waals surface area contributed by atoms with Crippen LogP contribution in [0.1, 0.15) is 25.7 Å². The molecule has 1 atom stereocenters. The lowest BCUT2D eigenvalue weighted by atomic mass is 10.3. The topological polar surface area (TPSA) is 41.5 Å². The number of para-hydroxylation sites is 1. The van der Waals surface area contributed by atoms with Crippen LogP contribution in [-0.2, 0) is 4.74 Å². The smallest absolute Gasteiger partial charge is 0.0945 e. The van der Waals surface area contributed by atoms with Crippen LogP contribution in [0.2, 0.25) is 0 Å². The number of hydrogen-bond acceptors (Lipinski definition) is 3. The van der Waals surface area contributed by atoms with E-state index >= 15 is 0 Å². The molecule has 3 nitrogen and oxygen atoms in total. The number of aliphatic hydroxyl groups is 1. The van der Waals surface area contributed by atoms with E-state index in [0.717, 1.165) is 23.0 Å². The summed E-state index contributed by atoms with van der Waals surface area (Å²) in [7, 11) is 0. The summed E-state index contributed by atoms with van der Waals surface area (Å²) in [5.74, 6) is 0. The van der Waals surface area contributed by atoms with Crippen molar-refractivity contribution >= 4 is 21.6 Å². The summed E-state index contributed by atoms with van der Waals surface area (Å²) in [6.07, 6.45) is 4.71. The van der Waals surface area contributed by atoms with E-state index < -0.39 is 6.10 Å². The summed E-state index contributed by atoms with van der Waals surface area (Å²) in [6.45, 7) is 0.928. The quantitative estimate of drug-likeness (QED) is 0.847. The lowest BCUT2D eigenvalue weighted by Gasteiger charge is -2.17. The number of hydrogen-bond donors (Lipinski definition) is 2. The van der Waals surface area contributed by atoms with Crippen molar-refractivity contribution in [1.82, 2.24) is 0 Å². The van der Waals surface area contributed by atoms with Gasteiger partial charge in [-0.05, 0) is 40.9 Å². The first-order chi connectivity index (χ1) is 8.75. The van der Waals surface area contributed by atoms with E-state index in [1.807, 2.05) is 24.3 Å². The number of anilines is 1. The molecule has 1 aromatic carbocycles. The number of aliphatic hydroxyl groups excluding tert-OH is 1. The summed E-state index contributed by atoms with van der Waals surface area (Å²) in [6, 6.07) is 7.89. The summed E-state index contributed by atoms with van der Waals surface area (Å²) in [4.78, 5) is 0. The zero-order valence-electron chi connectivity index (χ0n) is 10.4. The molecule has 0 bridgehead atoms. The summed E-state index contributed by atoms with van der Waals surface area (Å²) in [5, 5.41) is 13.1. The fourth-order valence-electron chi connectivity index (χ4n) is 2.19. The van der Waals surface area contributed by atoms with Gasteiger partial charge >= 0.3 is 0 Å². The number of halogens is 1. The Morgan fingerprint density at radius 2 is 2.06 bits per heavy atom. The van der Waals surface area contributed by atoms with E-state index in [-0.39, 0.29) is 0 Å². The summed E-state index contributed by atoms with van der Waals surface area (Å²) >= 11 is 3.46. The molecule has 4 heteroatoms. The normalized spacial score (nSPS) is 17.9. The molecular weight excluding hydrogens is 294 g/mol. The molecule has 18 heavy (non-hydrogen) atoms. The van der Waals surface area contributed by atoms with E-state index in [2.05, 4.69) is 21.2 Å². The zero-order valence-corrected chi connectivity index (χ0v) is 12.0. The second kappa shape index (κ2) is 7.12. The van der Waals surface area contributed by atoms with E-state index in [4.69, 9.17) is 4.74 Å². The molecule has 1 aromatic rings. The van der Waals surface area contributed by atoms with Crippen molar-refractivity contribution < 1.29 is 9.84 Å². The minimum absolute atomic E-state index is 0.364. The third-order valence-corrected chi connectivity index (χ3v) is 3.92. The molecule has 2 N–H and O–H groups in total. The molecule has 1 saturated carbocycles. The van der Waals surface area contributed by atoms with Crippen molar-refractivity contribution in [2.45, 2.75) is 37.9 Å². The Hall–Kier alpha value is -0.580. The van der Waals surface area contributed by atoms with Gasteiger partial charge in [0.2, 0.25) is 0 Å². The Bertz CT molecular complexity index is 367. The van der Waals surface area contributed by atoms with Crippen LogP contribution in [0.15, 0.2) is 28.7 Å². The van der Waals surface area contributed by atoms with Gasteiger partial charge in [-0.2, -0.15) is 0 Å². The highest BCUT2D eigenvalue weighted by Gasteiger charge is 2.16. The molecular formula is C14H20BrNO2. The number of rotatable bonds is 6. The standard InChI is InChI=1S/C14H20BrNO2/c15-13-7-3-4-8-14(13)16-9-11(17)10-18-12-5-1-2-6-12/h3-4,7-8,11-12,16-17H,1-2,5-6,9-10H2. The van der Waals surface area contributed by atoms with Crippen LogP contribution in [0, 0.1) is 0 Å². The van der Waals surface area contributed by atoms with Gasteiger partial charge in [-0.25, -0.2) is 0 Å². The van der Waals surface area contributed by atoms with E-state index in [1.165, 1.54) is 12.8 Å². The molecule has 1 aliphatic carbocycles. The first kappa shape index (κ1) is 13.8. The Labute approximate surface area is 117 Å². The highest BCUT2D eigenvalue weighted by molar-refractivity contribution is 9.10. The summed E-state index contributed by atoms with van der Waals surface area (Å²) < 4.78 is 6.69. The first-order valence-corrected chi connectivity index (χ1v) is 7.33. The second-order valence-corrected chi connectivity index (χ2v) is 5.61. The maximum absolute atomic E-state index is 9.86. The average Bonchev–Trinajstić information content (AvgIpc) is 2.88. The van der Waals surface area contributed by atoms with Gasteiger partial charge in [0.15, 0.2) is 0 Å². The van der Waals surface area contributed by atoms with Crippen molar-refractivity contribution in [3.05, 3.63) is 28.7 Å². The number of nitrogens with one attached hydrogen (secondary N) is 1. The van der Waals surface area contributed by atoms with Gasteiger partial charge in [0, 0.05) is 16.7 Å². The first-order valence-electron chi connectivity index (χ1n) is 6.54. The van der Waals surface area contributed by atoms with Crippen LogP contribution in [0.4, 0.5) is 5.69 Å². The van der Waals surface area contributed by atoms with E-state index in [1.54, 1.807) is 0 Å². The van der Waals surface area contributed by atoms with Gasteiger partial charge in [-0.3, -0.25) is 0 Å². The van der Waals surface area contributed by atoms with Crippen LogP contribution in [0.5, 0.6) is 0 Å². The number of benzene rings is 1. The predicted molar refractivity (Wildman–Crippen MR) is 76.8 cm³/mol. The Morgan fingerprint density at radius 1 is 1.33 bits per heavy atom. The van der Waals surface area contributed by atoms with Crippen LogP contribution in [-0.4, -0.2) is 30.5 Å². The second-order valence-electron chi connectivity index (χ2n) is 4.75. The monoisotopic (exact) mass is 313 g/mol. The molecule has 1 unspecified atom stereocenters. The van der Waals surface area contributed by atoms with Gasteiger partial charge in [0.05, 0.1) is 18.8 Å². The van der Waals surface area contributed by atoms with Crippen LogP contribution in [0.25, 0.3) is 0 Å². The molecule has 2 rings (SSSR count). The molecule has 0 amide bonds. The number of ether oxygens (including phenoxy) is 1. The fraction of sp³-hybridized carbons (Fsp3) is 0.571. The van der Waals surface area contributed by atoms with Crippen molar-refractivity contribution in [3.8, 4) is 0 Å². The van der Waals surface area contributed by atoms with Gasteiger partial charge in [0.25, 0.3) is 0 Å². The van der Waals surface area contributed by atoms with Crippen molar-refractivity contribution in [3.63, 3.8) is 0 Å². The lowest BCUT2D eigenvalue weighted by molar-refractivity contribution is -0.00117. The van der Waals surface area contributed by atoms with Crippen molar-refractivity contribution in [2.75, 3.05) is 18.5 Å². The Kier molecular flexibility index (Phi) is 5.47. The molecule has 0 aromatic heterocycles. The molecule has 1 fully saturated rings. The van der Waals surface area contributed by atoms with Gasteiger partial charge < -0.3 is 15.2 Å². The van der Waals surface area contributed by atoms with Crippen LogP contribution >= 0.6 is 15.9 Å². The van der Waals surface area contributed by atoms with E-state index in [0.29, 0.717) is 19.3 Å². The largest absolute Gasteiger partial charge is 0.389 e. The van der Waals surface area contributed by atoms with Crippen molar-refractivity contribution in [2.24, 2.45) is 0 Å². The van der Waals surface area contributed by atoms with Crippen LogP contribution < -0.4 is 5.32 Å². The lowest BCUT2D eigenvalue weighted by Crippen LogP contribution is -2.27. The van der Waals surface area contributed by atoms with Gasteiger partial charge in [-0.15, -0.1) is 0 Å². The molecule has 0 heterocycles. The zero-order chi connectivity index (χ0) is 12.8. The predicted octanol–water partition coefficient (Wildman–Crippen LogP) is 3.18. The Morgan fingerprint density at radius 3 is 2.78 bits per heavy atom. The maximum Gasteiger partial charge on any atom is 0.0945 e. The Balaban J connectivity index is 1.68. The molecule has 0 spiro atoms.